The predicted molar refractivity (Wildman–Crippen MR) is 107 cm³/mol. The third kappa shape index (κ3) is 2.86. The first-order valence-electron chi connectivity index (χ1n) is 9.72. The van der Waals surface area contributed by atoms with Crippen LogP contribution in [0.1, 0.15) is 50.1 Å². The van der Waals surface area contributed by atoms with Crippen LogP contribution in [0.2, 0.25) is 0 Å². The van der Waals surface area contributed by atoms with Gasteiger partial charge in [0, 0.05) is 11.6 Å². The van der Waals surface area contributed by atoms with Crippen molar-refractivity contribution in [1.82, 2.24) is 0 Å². The molecule has 0 saturated heterocycles. The van der Waals surface area contributed by atoms with Crippen molar-refractivity contribution in [2.75, 3.05) is 5.32 Å². The van der Waals surface area contributed by atoms with Crippen molar-refractivity contribution in [2.45, 2.75) is 24.6 Å². The number of hydrogen-bond acceptors (Lipinski definition) is 2. The normalized spacial score (nSPS) is 21.9. The molecule has 6 heteroatoms. The molecule has 1 heterocycles. The van der Waals surface area contributed by atoms with Gasteiger partial charge in [0.1, 0.15) is 0 Å². The molecule has 0 saturated carbocycles. The number of rotatable bonds is 2. The van der Waals surface area contributed by atoms with Gasteiger partial charge in [0.05, 0.1) is 17.2 Å². The van der Waals surface area contributed by atoms with Gasteiger partial charge in [0.15, 0.2) is 0 Å². The minimum absolute atomic E-state index is 0.151. The zero-order chi connectivity index (χ0) is 21.0. The van der Waals surface area contributed by atoms with E-state index in [-0.39, 0.29) is 23.0 Å². The Kier molecular flexibility index (Phi) is 4.13. The summed E-state index contributed by atoms with van der Waals surface area (Å²) in [5, 5.41) is 12.7. The van der Waals surface area contributed by atoms with Gasteiger partial charge in [-0.15, -0.1) is 0 Å². The van der Waals surface area contributed by atoms with E-state index in [0.29, 0.717) is 12.1 Å². The van der Waals surface area contributed by atoms with Crippen LogP contribution in [0.5, 0.6) is 0 Å². The van der Waals surface area contributed by atoms with Gasteiger partial charge < -0.3 is 10.4 Å². The number of benzene rings is 3. The molecule has 0 radical (unpaired) electrons. The molecule has 1 aliphatic heterocycles. The van der Waals surface area contributed by atoms with Crippen molar-refractivity contribution < 1.29 is 23.1 Å². The zero-order valence-corrected chi connectivity index (χ0v) is 15.8. The van der Waals surface area contributed by atoms with Crippen LogP contribution in [0.3, 0.4) is 0 Å². The maximum absolute atomic E-state index is 13.8. The van der Waals surface area contributed by atoms with E-state index >= 15 is 0 Å². The number of nitrogens with one attached hydrogen (secondary N) is 1. The lowest BCUT2D eigenvalue weighted by Crippen LogP contribution is -2.32. The number of carbonyl (C=O) groups is 1. The van der Waals surface area contributed by atoms with Crippen LogP contribution in [0.15, 0.2) is 66.7 Å². The van der Waals surface area contributed by atoms with Gasteiger partial charge in [-0.05, 0) is 58.9 Å². The monoisotopic (exact) mass is 409 g/mol. The maximum Gasteiger partial charge on any atom is 0.416 e. The Balaban J connectivity index is 1.70. The van der Waals surface area contributed by atoms with E-state index < -0.39 is 23.8 Å². The fraction of sp³-hybridized carbons (Fsp3) is 0.208. The topological polar surface area (TPSA) is 49.3 Å². The molecule has 0 spiro atoms. The molecule has 2 N–H and O–H groups in total. The number of aromatic carboxylic acids is 1. The minimum atomic E-state index is -4.45. The number of hydrogen-bond donors (Lipinski definition) is 2. The van der Waals surface area contributed by atoms with Crippen LogP contribution in [-0.4, -0.2) is 11.1 Å². The Morgan fingerprint density at radius 2 is 1.63 bits per heavy atom. The summed E-state index contributed by atoms with van der Waals surface area (Å²) in [7, 11) is 0. The van der Waals surface area contributed by atoms with E-state index in [2.05, 4.69) is 5.32 Å². The number of anilines is 1. The molecule has 3 aromatic carbocycles. The van der Waals surface area contributed by atoms with E-state index in [1.807, 2.05) is 24.3 Å². The molecule has 3 aromatic rings. The van der Waals surface area contributed by atoms with Crippen molar-refractivity contribution in [2.24, 2.45) is 5.92 Å². The number of halogens is 3. The average molecular weight is 409 g/mol. The smallest absolute Gasteiger partial charge is 0.416 e. The fourth-order valence-corrected chi connectivity index (χ4v) is 5.03. The molecule has 3 nitrogen and oxygen atoms in total. The second-order valence-corrected chi connectivity index (χ2v) is 7.86. The molecular formula is C24H18F3NO2. The van der Waals surface area contributed by atoms with Crippen molar-refractivity contribution in [3.63, 3.8) is 0 Å². The minimum Gasteiger partial charge on any atom is -0.478 e. The van der Waals surface area contributed by atoms with Gasteiger partial charge in [0.2, 0.25) is 0 Å². The van der Waals surface area contributed by atoms with Crippen LogP contribution in [0.4, 0.5) is 18.9 Å². The van der Waals surface area contributed by atoms with E-state index in [4.69, 9.17) is 0 Å². The highest BCUT2D eigenvalue weighted by Crippen LogP contribution is 2.55. The Bertz CT molecular complexity index is 1160. The molecule has 5 rings (SSSR count). The Morgan fingerprint density at radius 3 is 2.37 bits per heavy atom. The zero-order valence-electron chi connectivity index (χ0n) is 15.8. The number of carboxylic acid groups (broad SMARTS) is 1. The van der Waals surface area contributed by atoms with Gasteiger partial charge in [-0.2, -0.15) is 13.2 Å². The van der Waals surface area contributed by atoms with Crippen molar-refractivity contribution in [3.8, 4) is 0 Å². The lowest BCUT2D eigenvalue weighted by molar-refractivity contribution is -0.138. The van der Waals surface area contributed by atoms with Crippen LogP contribution >= 0.6 is 0 Å². The SMILES string of the molecule is O=C(O)c1ccc2c(c1)[C@@H]1c3ccccc3C[C@@H]1[C@@H](c1ccccc1C(F)(F)F)N2. The van der Waals surface area contributed by atoms with Gasteiger partial charge in [-0.3, -0.25) is 0 Å². The highest BCUT2D eigenvalue weighted by Gasteiger charge is 2.46. The second-order valence-electron chi connectivity index (χ2n) is 7.86. The Morgan fingerprint density at radius 1 is 0.933 bits per heavy atom. The Hall–Kier alpha value is -3.28. The van der Waals surface area contributed by atoms with Gasteiger partial charge in [0.25, 0.3) is 0 Å². The summed E-state index contributed by atoms with van der Waals surface area (Å²) < 4.78 is 41.3. The van der Waals surface area contributed by atoms with Crippen LogP contribution in [0.25, 0.3) is 0 Å². The van der Waals surface area contributed by atoms with Crippen LogP contribution in [0, 0.1) is 5.92 Å². The highest BCUT2D eigenvalue weighted by molar-refractivity contribution is 5.89. The molecular weight excluding hydrogens is 391 g/mol. The van der Waals surface area contributed by atoms with Crippen molar-refractivity contribution >= 4 is 11.7 Å². The molecule has 0 amide bonds. The molecule has 30 heavy (non-hydrogen) atoms. The Labute approximate surface area is 171 Å². The molecule has 0 bridgehead atoms. The second kappa shape index (κ2) is 6.62. The highest BCUT2D eigenvalue weighted by atomic mass is 19.4. The van der Waals surface area contributed by atoms with E-state index in [9.17, 15) is 23.1 Å². The van der Waals surface area contributed by atoms with Crippen LogP contribution < -0.4 is 5.32 Å². The summed E-state index contributed by atoms with van der Waals surface area (Å²) in [6.45, 7) is 0. The van der Waals surface area contributed by atoms with E-state index in [1.165, 1.54) is 18.2 Å². The lowest BCUT2D eigenvalue weighted by atomic mass is 9.74. The summed E-state index contributed by atoms with van der Waals surface area (Å²) in [4.78, 5) is 11.5. The largest absolute Gasteiger partial charge is 0.478 e. The first-order chi connectivity index (χ1) is 14.3. The summed E-state index contributed by atoms with van der Waals surface area (Å²) >= 11 is 0. The van der Waals surface area contributed by atoms with E-state index in [1.54, 1.807) is 18.2 Å². The molecule has 0 aromatic heterocycles. The molecule has 152 valence electrons. The van der Waals surface area contributed by atoms with Gasteiger partial charge in [-0.25, -0.2) is 4.79 Å². The van der Waals surface area contributed by atoms with Crippen LogP contribution in [-0.2, 0) is 12.6 Å². The molecule has 1 aliphatic carbocycles. The first-order valence-corrected chi connectivity index (χ1v) is 9.72. The molecule has 0 fully saturated rings. The molecule has 0 unspecified atom stereocenters. The molecule has 3 atom stereocenters. The maximum atomic E-state index is 13.8. The van der Waals surface area contributed by atoms with Gasteiger partial charge >= 0.3 is 12.1 Å². The predicted octanol–water partition coefficient (Wildman–Crippen LogP) is 5.87. The summed E-state index contributed by atoms with van der Waals surface area (Å²) in [5.74, 6) is -1.34. The third-order valence-corrected chi connectivity index (χ3v) is 6.25. The molecule has 2 aliphatic rings. The fourth-order valence-electron chi connectivity index (χ4n) is 5.03. The number of alkyl halides is 3. The van der Waals surface area contributed by atoms with Crippen molar-refractivity contribution in [3.05, 3.63) is 100 Å². The summed E-state index contributed by atoms with van der Waals surface area (Å²) in [6.07, 6.45) is -3.83. The number of carboxylic acids is 1. The van der Waals surface area contributed by atoms with Crippen molar-refractivity contribution in [1.29, 1.82) is 0 Å². The standard InChI is InChI=1S/C24H18F3NO2/c25-24(26,27)19-8-4-3-7-16(19)22-18-11-13-5-1-2-6-15(13)21(18)17-12-14(23(29)30)9-10-20(17)28-22/h1-10,12,18,21-22,28H,11H2,(H,29,30)/t18-,21-,22+/m0/s1. The first kappa shape index (κ1) is 18.7. The quantitative estimate of drug-likeness (QED) is 0.556. The lowest BCUT2D eigenvalue weighted by Gasteiger charge is -2.39. The number of fused-ring (bicyclic) bond motifs is 5. The third-order valence-electron chi connectivity index (χ3n) is 6.25. The summed E-state index contributed by atoms with van der Waals surface area (Å²) in [5.41, 5.74) is 3.42. The average Bonchev–Trinajstić information content (AvgIpc) is 3.12. The van der Waals surface area contributed by atoms with E-state index in [0.717, 1.165) is 22.8 Å². The van der Waals surface area contributed by atoms with Gasteiger partial charge in [-0.1, -0.05) is 42.5 Å². The summed E-state index contributed by atoms with van der Waals surface area (Å²) in [6, 6.07) is 17.8.